The summed E-state index contributed by atoms with van der Waals surface area (Å²) in [6.45, 7) is 3.17. The number of halogens is 1. The van der Waals surface area contributed by atoms with Gasteiger partial charge in [-0.2, -0.15) is 0 Å². The number of rotatable bonds is 5. The van der Waals surface area contributed by atoms with Gasteiger partial charge >= 0.3 is 0 Å². The Morgan fingerprint density at radius 2 is 1.95 bits per heavy atom. The molecule has 0 heterocycles. The molecule has 1 aliphatic rings. The Labute approximate surface area is 125 Å². The SMILES string of the molecule is CCCOCCc1ccc(O)c2c1C(=O)C=C(Br)C2=O. The van der Waals surface area contributed by atoms with Crippen LogP contribution >= 0.6 is 15.9 Å². The molecule has 0 saturated heterocycles. The van der Waals surface area contributed by atoms with E-state index < -0.39 is 0 Å². The number of phenolic OH excluding ortho intramolecular Hbond substituents is 1. The summed E-state index contributed by atoms with van der Waals surface area (Å²) in [5.41, 5.74) is 1.10. The molecule has 0 radical (unpaired) electrons. The molecule has 0 spiro atoms. The standard InChI is InChI=1S/C15H15BrO4/c1-2-6-20-7-5-9-3-4-11(17)14-13(9)12(18)8-10(16)15(14)19/h3-4,8,17H,2,5-7H2,1H3. The zero-order chi connectivity index (χ0) is 14.7. The number of aromatic hydroxyl groups is 1. The molecule has 20 heavy (non-hydrogen) atoms. The number of hydrogen-bond acceptors (Lipinski definition) is 4. The van der Waals surface area contributed by atoms with Crippen molar-refractivity contribution >= 4 is 27.5 Å². The second-order valence-electron chi connectivity index (χ2n) is 4.54. The third-order valence-corrected chi connectivity index (χ3v) is 3.67. The van der Waals surface area contributed by atoms with Gasteiger partial charge in [-0.1, -0.05) is 13.0 Å². The molecular formula is C15H15BrO4. The van der Waals surface area contributed by atoms with Gasteiger partial charge in [0.15, 0.2) is 5.78 Å². The Morgan fingerprint density at radius 3 is 2.65 bits per heavy atom. The third kappa shape index (κ3) is 2.83. The van der Waals surface area contributed by atoms with Crippen molar-refractivity contribution in [1.82, 2.24) is 0 Å². The number of ketones is 2. The van der Waals surface area contributed by atoms with E-state index in [9.17, 15) is 14.7 Å². The second kappa shape index (κ2) is 6.33. The molecule has 0 aliphatic heterocycles. The van der Waals surface area contributed by atoms with Crippen molar-refractivity contribution in [3.63, 3.8) is 0 Å². The first-order valence-electron chi connectivity index (χ1n) is 6.45. The van der Waals surface area contributed by atoms with Crippen molar-refractivity contribution in [3.8, 4) is 5.75 Å². The number of ether oxygens (including phenoxy) is 1. The molecule has 1 aliphatic carbocycles. The number of carbonyl (C=O) groups is 2. The van der Waals surface area contributed by atoms with Gasteiger partial charge in [0.05, 0.1) is 16.7 Å². The molecule has 0 bridgehead atoms. The van der Waals surface area contributed by atoms with Crippen LogP contribution < -0.4 is 0 Å². The largest absolute Gasteiger partial charge is 0.507 e. The maximum absolute atomic E-state index is 12.1. The van der Waals surface area contributed by atoms with E-state index in [4.69, 9.17) is 4.74 Å². The van der Waals surface area contributed by atoms with E-state index in [-0.39, 0.29) is 27.4 Å². The van der Waals surface area contributed by atoms with Gasteiger partial charge in [-0.05, 0) is 40.4 Å². The van der Waals surface area contributed by atoms with Gasteiger partial charge in [0.2, 0.25) is 5.78 Å². The molecular weight excluding hydrogens is 324 g/mol. The first-order chi connectivity index (χ1) is 9.56. The maximum atomic E-state index is 12.1. The van der Waals surface area contributed by atoms with Crippen molar-refractivity contribution in [2.75, 3.05) is 13.2 Å². The van der Waals surface area contributed by atoms with E-state index in [1.807, 2.05) is 6.92 Å². The summed E-state index contributed by atoms with van der Waals surface area (Å²) in [7, 11) is 0. The van der Waals surface area contributed by atoms with E-state index in [2.05, 4.69) is 15.9 Å². The zero-order valence-corrected chi connectivity index (χ0v) is 12.7. The molecule has 2 rings (SSSR count). The maximum Gasteiger partial charge on any atom is 0.204 e. The number of phenols is 1. The molecule has 4 nitrogen and oxygen atoms in total. The predicted octanol–water partition coefficient (Wildman–Crippen LogP) is 3.02. The minimum absolute atomic E-state index is 0.0809. The van der Waals surface area contributed by atoms with Gasteiger partial charge in [-0.15, -0.1) is 0 Å². The van der Waals surface area contributed by atoms with Gasteiger partial charge in [0.1, 0.15) is 5.75 Å². The molecule has 0 aromatic heterocycles. The normalized spacial score (nSPS) is 14.2. The Morgan fingerprint density at radius 1 is 1.20 bits per heavy atom. The van der Waals surface area contributed by atoms with Crippen LogP contribution in [0.1, 0.15) is 39.6 Å². The summed E-state index contributed by atoms with van der Waals surface area (Å²) < 4.78 is 5.58. The van der Waals surface area contributed by atoms with Gasteiger partial charge in [0, 0.05) is 18.2 Å². The van der Waals surface area contributed by atoms with Crippen LogP contribution in [-0.4, -0.2) is 29.9 Å². The lowest BCUT2D eigenvalue weighted by atomic mass is 9.89. The molecule has 106 valence electrons. The van der Waals surface area contributed by atoms with E-state index >= 15 is 0 Å². The van der Waals surface area contributed by atoms with Crippen LogP contribution in [0, 0.1) is 0 Å². The smallest absolute Gasteiger partial charge is 0.204 e. The highest BCUT2D eigenvalue weighted by Crippen LogP contribution is 2.33. The molecule has 5 heteroatoms. The number of fused-ring (bicyclic) bond motifs is 1. The monoisotopic (exact) mass is 338 g/mol. The highest BCUT2D eigenvalue weighted by atomic mass is 79.9. The van der Waals surface area contributed by atoms with E-state index in [1.165, 1.54) is 12.1 Å². The van der Waals surface area contributed by atoms with Gasteiger partial charge in [0.25, 0.3) is 0 Å². The van der Waals surface area contributed by atoms with Crippen LogP contribution in [0.25, 0.3) is 0 Å². The number of Topliss-reactive ketones (excluding diaryl/α,β-unsaturated/α-hetero) is 1. The lowest BCUT2D eigenvalue weighted by molar-refractivity contribution is 0.0987. The fourth-order valence-electron chi connectivity index (χ4n) is 2.16. The fraction of sp³-hybridized carbons (Fsp3) is 0.333. The Balaban J connectivity index is 2.34. The summed E-state index contributed by atoms with van der Waals surface area (Å²) in [6, 6.07) is 3.12. The quantitative estimate of drug-likeness (QED) is 0.838. The molecule has 0 saturated carbocycles. The molecule has 0 unspecified atom stereocenters. The van der Waals surface area contributed by atoms with Crippen LogP contribution in [-0.2, 0) is 11.2 Å². The Kier molecular flexibility index (Phi) is 4.73. The summed E-state index contributed by atoms with van der Waals surface area (Å²) >= 11 is 3.05. The molecule has 0 amide bonds. The van der Waals surface area contributed by atoms with Gasteiger partial charge in [-0.3, -0.25) is 9.59 Å². The number of carbonyl (C=O) groups excluding carboxylic acids is 2. The summed E-state index contributed by atoms with van der Waals surface area (Å²) in [6.07, 6.45) is 2.72. The van der Waals surface area contributed by atoms with Crippen LogP contribution in [0.4, 0.5) is 0 Å². The van der Waals surface area contributed by atoms with Crippen molar-refractivity contribution in [3.05, 3.63) is 39.4 Å². The first kappa shape index (κ1) is 14.9. The molecule has 0 fully saturated rings. The summed E-state index contributed by atoms with van der Waals surface area (Å²) in [5.74, 6) is -0.803. The topological polar surface area (TPSA) is 63.6 Å². The molecule has 0 atom stereocenters. The summed E-state index contributed by atoms with van der Waals surface area (Å²) in [4.78, 5) is 24.1. The highest BCUT2D eigenvalue weighted by Gasteiger charge is 2.29. The fourth-order valence-corrected chi connectivity index (χ4v) is 2.56. The van der Waals surface area contributed by atoms with Crippen LogP contribution in [0.2, 0.25) is 0 Å². The molecule has 1 N–H and O–H groups in total. The van der Waals surface area contributed by atoms with Crippen molar-refractivity contribution in [2.45, 2.75) is 19.8 Å². The van der Waals surface area contributed by atoms with Gasteiger partial charge < -0.3 is 9.84 Å². The molecule has 1 aromatic rings. The van der Waals surface area contributed by atoms with Crippen molar-refractivity contribution in [1.29, 1.82) is 0 Å². The van der Waals surface area contributed by atoms with Crippen molar-refractivity contribution in [2.24, 2.45) is 0 Å². The van der Waals surface area contributed by atoms with E-state index in [1.54, 1.807) is 6.07 Å². The summed E-state index contributed by atoms with van der Waals surface area (Å²) in [5, 5.41) is 9.84. The minimum Gasteiger partial charge on any atom is -0.507 e. The third-order valence-electron chi connectivity index (χ3n) is 3.08. The average Bonchev–Trinajstić information content (AvgIpc) is 2.42. The van der Waals surface area contributed by atoms with Gasteiger partial charge in [-0.25, -0.2) is 0 Å². The van der Waals surface area contributed by atoms with Crippen LogP contribution in [0.5, 0.6) is 5.75 Å². The lowest BCUT2D eigenvalue weighted by Gasteiger charge is -2.17. The predicted molar refractivity (Wildman–Crippen MR) is 78.6 cm³/mol. The zero-order valence-electron chi connectivity index (χ0n) is 11.1. The second-order valence-corrected chi connectivity index (χ2v) is 5.40. The Bertz CT molecular complexity index is 590. The first-order valence-corrected chi connectivity index (χ1v) is 7.24. The van der Waals surface area contributed by atoms with E-state index in [0.29, 0.717) is 25.2 Å². The Hall–Kier alpha value is -1.46. The minimum atomic E-state index is -0.367. The average molecular weight is 339 g/mol. The molecule has 1 aromatic carbocycles. The lowest BCUT2D eigenvalue weighted by Crippen LogP contribution is -2.18. The number of hydrogen-bond donors (Lipinski definition) is 1. The van der Waals surface area contributed by atoms with E-state index in [0.717, 1.165) is 12.0 Å². The highest BCUT2D eigenvalue weighted by molar-refractivity contribution is 9.12. The number of allylic oxidation sites excluding steroid dienone is 2. The van der Waals surface area contributed by atoms with Crippen molar-refractivity contribution < 1.29 is 19.4 Å². The van der Waals surface area contributed by atoms with Crippen LogP contribution in [0.15, 0.2) is 22.7 Å². The number of benzene rings is 1. The van der Waals surface area contributed by atoms with Crippen LogP contribution in [0.3, 0.4) is 0 Å².